The van der Waals surface area contributed by atoms with Gasteiger partial charge in [-0.25, -0.2) is 23.7 Å². The van der Waals surface area contributed by atoms with Crippen molar-refractivity contribution in [2.45, 2.75) is 32.0 Å². The SMILES string of the molecule is CNc1cc(Nc2cc(COC3CCC3)cc(N3CC4(COC4)C3)c2F)nc2c1ncn2C(N)=O. The molecule has 35 heavy (non-hydrogen) atoms. The van der Waals surface area contributed by atoms with E-state index in [1.807, 2.05) is 11.0 Å². The molecule has 1 amide bonds. The number of nitrogens with zero attached hydrogens (tertiary/aromatic N) is 4. The lowest BCUT2D eigenvalue weighted by Crippen LogP contribution is -2.66. The predicted molar refractivity (Wildman–Crippen MR) is 130 cm³/mol. The molecule has 2 aliphatic heterocycles. The quantitative estimate of drug-likeness (QED) is 0.471. The van der Waals surface area contributed by atoms with Crippen molar-refractivity contribution < 1.29 is 18.7 Å². The molecule has 1 aromatic carbocycles. The lowest BCUT2D eigenvalue weighted by atomic mass is 9.77. The van der Waals surface area contributed by atoms with Gasteiger partial charge in [0.1, 0.15) is 17.7 Å². The Bertz CT molecular complexity index is 1290. The fraction of sp³-hybridized carbons (Fsp3) is 0.458. The molecule has 1 aliphatic carbocycles. The molecule has 4 N–H and O–H groups in total. The van der Waals surface area contributed by atoms with Gasteiger partial charge in [0.15, 0.2) is 11.5 Å². The summed E-state index contributed by atoms with van der Waals surface area (Å²) in [6, 6.07) is 4.66. The van der Waals surface area contributed by atoms with E-state index in [1.54, 1.807) is 19.2 Å². The molecule has 3 aliphatic rings. The number of aromatic nitrogens is 3. The Morgan fingerprint density at radius 3 is 2.71 bits per heavy atom. The molecule has 4 heterocycles. The number of pyridine rings is 1. The zero-order valence-electron chi connectivity index (χ0n) is 19.5. The van der Waals surface area contributed by atoms with Gasteiger partial charge in [-0.05, 0) is 37.0 Å². The summed E-state index contributed by atoms with van der Waals surface area (Å²) < 4.78 is 28.3. The van der Waals surface area contributed by atoms with E-state index >= 15 is 4.39 Å². The molecule has 184 valence electrons. The van der Waals surface area contributed by atoms with Crippen LogP contribution < -0.4 is 21.3 Å². The van der Waals surface area contributed by atoms with Gasteiger partial charge in [0.2, 0.25) is 0 Å². The topological polar surface area (TPSA) is 120 Å². The summed E-state index contributed by atoms with van der Waals surface area (Å²) in [7, 11) is 1.74. The first kappa shape index (κ1) is 22.1. The predicted octanol–water partition coefficient (Wildman–Crippen LogP) is 3.19. The third kappa shape index (κ3) is 3.84. The van der Waals surface area contributed by atoms with E-state index < -0.39 is 6.03 Å². The summed E-state index contributed by atoms with van der Waals surface area (Å²) in [6.07, 6.45) is 4.92. The standard InChI is InChI=1S/C24H28FN7O3/c1-27-17-7-19(30-22-21(17)28-13-32(22)23(26)33)29-16-5-14(8-35-15-3-2-4-15)6-18(20(16)25)31-9-24(10-31)11-34-12-24/h5-7,13,15H,2-4,8-12H2,1H3,(H2,26,33)(H2,27,29,30). The van der Waals surface area contributed by atoms with E-state index in [0.717, 1.165) is 49.3 Å². The van der Waals surface area contributed by atoms with E-state index in [2.05, 4.69) is 20.6 Å². The van der Waals surface area contributed by atoms with Gasteiger partial charge in [-0.15, -0.1) is 0 Å². The number of hydrogen-bond donors (Lipinski definition) is 3. The number of carbonyl (C=O) groups excluding carboxylic acids is 1. The van der Waals surface area contributed by atoms with Gasteiger partial charge in [0.05, 0.1) is 48.4 Å². The molecule has 11 heteroatoms. The van der Waals surface area contributed by atoms with Crippen LogP contribution >= 0.6 is 0 Å². The Morgan fingerprint density at radius 1 is 1.29 bits per heavy atom. The fourth-order valence-electron chi connectivity index (χ4n) is 4.87. The van der Waals surface area contributed by atoms with Gasteiger partial charge in [0.25, 0.3) is 0 Å². The summed E-state index contributed by atoms with van der Waals surface area (Å²) in [5, 5.41) is 6.16. The lowest BCUT2D eigenvalue weighted by molar-refractivity contribution is -0.127. The number of nitrogens with two attached hydrogens (primary N) is 1. The average Bonchev–Trinajstić information content (AvgIpc) is 3.17. The maximum Gasteiger partial charge on any atom is 0.325 e. The molecule has 10 nitrogen and oxygen atoms in total. The second kappa shape index (κ2) is 8.35. The van der Waals surface area contributed by atoms with Crippen LogP contribution in [0.3, 0.4) is 0 Å². The fourth-order valence-corrected chi connectivity index (χ4v) is 4.87. The van der Waals surface area contributed by atoms with Crippen LogP contribution in [-0.4, -0.2) is 60.0 Å². The van der Waals surface area contributed by atoms with Crippen LogP contribution in [0.15, 0.2) is 24.5 Å². The minimum atomic E-state index is -0.700. The number of fused-ring (bicyclic) bond motifs is 1. The monoisotopic (exact) mass is 481 g/mol. The number of carbonyl (C=O) groups is 1. The van der Waals surface area contributed by atoms with Crippen LogP contribution in [0.25, 0.3) is 11.2 Å². The van der Waals surface area contributed by atoms with Crippen molar-refractivity contribution >= 4 is 40.1 Å². The Morgan fingerprint density at radius 2 is 2.09 bits per heavy atom. The Kier molecular flexibility index (Phi) is 5.26. The number of ether oxygens (including phenoxy) is 2. The van der Waals surface area contributed by atoms with E-state index in [-0.39, 0.29) is 23.0 Å². The smallest absolute Gasteiger partial charge is 0.325 e. The van der Waals surface area contributed by atoms with Gasteiger partial charge in [-0.3, -0.25) is 0 Å². The summed E-state index contributed by atoms with van der Waals surface area (Å²) in [6.45, 7) is 3.40. The summed E-state index contributed by atoms with van der Waals surface area (Å²) >= 11 is 0. The molecule has 0 atom stereocenters. The van der Waals surface area contributed by atoms with Gasteiger partial charge < -0.3 is 30.7 Å². The van der Waals surface area contributed by atoms with Crippen molar-refractivity contribution in [1.82, 2.24) is 14.5 Å². The highest BCUT2D eigenvalue weighted by Gasteiger charge is 2.49. The van der Waals surface area contributed by atoms with Gasteiger partial charge in [0, 0.05) is 26.2 Å². The highest BCUT2D eigenvalue weighted by Crippen LogP contribution is 2.43. The van der Waals surface area contributed by atoms with E-state index in [1.165, 1.54) is 12.7 Å². The minimum absolute atomic E-state index is 0.153. The van der Waals surface area contributed by atoms with E-state index in [9.17, 15) is 4.79 Å². The number of rotatable bonds is 7. The van der Waals surface area contributed by atoms with E-state index in [4.69, 9.17) is 15.2 Å². The van der Waals surface area contributed by atoms with Gasteiger partial charge >= 0.3 is 6.03 Å². The number of hydrogen-bond acceptors (Lipinski definition) is 8. The Labute approximate surface area is 201 Å². The van der Waals surface area contributed by atoms with Crippen molar-refractivity contribution in [3.05, 3.63) is 35.9 Å². The molecule has 3 aromatic rings. The number of primary amides is 1. The Hall–Kier alpha value is -3.44. The van der Waals surface area contributed by atoms with Crippen molar-refractivity contribution in [3.8, 4) is 0 Å². The number of imidazole rings is 1. The first-order valence-electron chi connectivity index (χ1n) is 11.8. The molecule has 0 unspecified atom stereocenters. The first-order valence-corrected chi connectivity index (χ1v) is 11.8. The van der Waals surface area contributed by atoms with E-state index in [0.29, 0.717) is 35.0 Å². The molecule has 3 fully saturated rings. The van der Waals surface area contributed by atoms with Crippen LogP contribution in [0.2, 0.25) is 0 Å². The number of anilines is 4. The second-order valence-corrected chi connectivity index (χ2v) is 9.74. The van der Waals surface area contributed by atoms with Crippen LogP contribution in [0.5, 0.6) is 0 Å². The zero-order chi connectivity index (χ0) is 24.2. The summed E-state index contributed by atoms with van der Waals surface area (Å²) in [5.74, 6) is 0.00281. The largest absolute Gasteiger partial charge is 0.386 e. The number of nitrogens with one attached hydrogen (secondary N) is 2. The lowest BCUT2D eigenvalue weighted by Gasteiger charge is -2.56. The maximum atomic E-state index is 15.8. The number of amides is 1. The number of halogens is 1. The van der Waals surface area contributed by atoms with Gasteiger partial charge in [-0.1, -0.05) is 0 Å². The zero-order valence-corrected chi connectivity index (χ0v) is 19.5. The molecule has 1 saturated carbocycles. The molecule has 2 aromatic heterocycles. The number of benzene rings is 1. The normalized spacial score (nSPS) is 18.7. The van der Waals surface area contributed by atoms with Crippen molar-refractivity contribution in [2.75, 3.05) is 48.9 Å². The first-order chi connectivity index (χ1) is 16.9. The van der Waals surface area contributed by atoms with Gasteiger partial charge in [-0.2, -0.15) is 0 Å². The second-order valence-electron chi connectivity index (χ2n) is 9.74. The Balaban J connectivity index is 1.34. The van der Waals surface area contributed by atoms with Crippen molar-refractivity contribution in [3.63, 3.8) is 0 Å². The molecular formula is C24H28FN7O3. The molecule has 6 rings (SSSR count). The maximum absolute atomic E-state index is 15.8. The third-order valence-electron chi connectivity index (χ3n) is 7.14. The molecule has 0 radical (unpaired) electrons. The van der Waals surface area contributed by atoms with Crippen LogP contribution in [-0.2, 0) is 16.1 Å². The molecule has 1 spiro atoms. The van der Waals surface area contributed by atoms with Crippen LogP contribution in [0.1, 0.15) is 24.8 Å². The molecular weight excluding hydrogens is 453 g/mol. The molecule has 0 bridgehead atoms. The van der Waals surface area contributed by atoms with Crippen molar-refractivity contribution in [2.24, 2.45) is 11.1 Å². The van der Waals surface area contributed by atoms with Crippen molar-refractivity contribution in [1.29, 1.82) is 0 Å². The minimum Gasteiger partial charge on any atom is -0.386 e. The third-order valence-corrected chi connectivity index (χ3v) is 7.14. The van der Waals surface area contributed by atoms with Crippen LogP contribution in [0, 0.1) is 11.2 Å². The molecule has 2 saturated heterocycles. The van der Waals surface area contributed by atoms with Crippen LogP contribution in [0.4, 0.5) is 32.1 Å². The summed E-state index contributed by atoms with van der Waals surface area (Å²) in [5.41, 5.74) is 8.75. The highest BCUT2D eigenvalue weighted by atomic mass is 19.1. The highest BCUT2D eigenvalue weighted by molar-refractivity contribution is 5.94. The average molecular weight is 482 g/mol. The summed E-state index contributed by atoms with van der Waals surface area (Å²) in [4.78, 5) is 22.6.